The molecule has 0 rings (SSSR count). The van der Waals surface area contributed by atoms with Gasteiger partial charge >= 0.3 is 0 Å². The van der Waals surface area contributed by atoms with Crippen LogP contribution in [0, 0.1) is 0 Å². The van der Waals surface area contributed by atoms with Gasteiger partial charge in [-0.2, -0.15) is 0 Å². The van der Waals surface area contributed by atoms with Gasteiger partial charge in [0.25, 0.3) is 0 Å². The molecule has 0 fully saturated rings. The second-order valence-electron chi connectivity index (χ2n) is 3.44. The molecule has 0 aliphatic rings. The van der Waals surface area contributed by atoms with Crippen molar-refractivity contribution in [3.8, 4) is 0 Å². The van der Waals surface area contributed by atoms with Crippen molar-refractivity contribution in [2.24, 2.45) is 0 Å². The number of ketones is 1. The Morgan fingerprint density at radius 1 is 0.857 bits per heavy atom. The minimum atomic E-state index is 0.372. The Bertz CT molecular complexity index is 120. The van der Waals surface area contributed by atoms with Gasteiger partial charge in [0.05, 0.1) is 0 Å². The van der Waals surface area contributed by atoms with E-state index in [-0.39, 0.29) is 0 Å². The molecule has 0 spiro atoms. The smallest absolute Gasteiger partial charge is 0.132 e. The van der Waals surface area contributed by atoms with Crippen molar-refractivity contribution in [3.05, 3.63) is 0 Å². The predicted molar refractivity (Wildman–Crippen MR) is 56.5 cm³/mol. The summed E-state index contributed by atoms with van der Waals surface area (Å²) in [4.78, 5) is 11.3. The Kier molecular flexibility index (Phi) is 10.4. The fourth-order valence-corrected chi connectivity index (χ4v) is 1.26. The van der Waals surface area contributed by atoms with Gasteiger partial charge < -0.3 is 9.47 Å². The highest BCUT2D eigenvalue weighted by atomic mass is 16.5. The quantitative estimate of drug-likeness (QED) is 0.509. The lowest BCUT2D eigenvalue weighted by molar-refractivity contribution is -0.119. The highest BCUT2D eigenvalue weighted by Crippen LogP contribution is 2.03. The number of carbonyl (C=O) groups excluding carboxylic acids is 1. The van der Waals surface area contributed by atoms with Gasteiger partial charge in [0.2, 0.25) is 0 Å². The molecule has 0 aromatic heterocycles. The Morgan fingerprint density at radius 2 is 1.29 bits per heavy atom. The number of carbonyl (C=O) groups is 1. The molecule has 0 unspecified atom stereocenters. The molecular formula is C11H22O3. The predicted octanol–water partition coefficient (Wildman–Crippen LogP) is 2.19. The van der Waals surface area contributed by atoms with E-state index in [0.717, 1.165) is 38.9 Å². The Hall–Kier alpha value is -0.410. The highest BCUT2D eigenvalue weighted by molar-refractivity contribution is 5.78. The lowest BCUT2D eigenvalue weighted by atomic mass is 10.1. The van der Waals surface area contributed by atoms with Crippen LogP contribution in [-0.4, -0.2) is 33.2 Å². The number of Topliss-reactive ketones (excluding diaryl/α,β-unsaturated/α-hetero) is 1. The standard InChI is InChI=1S/C11H22O3/c1-13-9-5-3-7-11(12)8-4-6-10-14-2/h3-10H2,1-2H3. The van der Waals surface area contributed by atoms with Crippen LogP contribution in [0.15, 0.2) is 0 Å². The summed E-state index contributed by atoms with van der Waals surface area (Å²) in [5.41, 5.74) is 0. The summed E-state index contributed by atoms with van der Waals surface area (Å²) in [6, 6.07) is 0. The molecule has 84 valence electrons. The first-order valence-corrected chi connectivity index (χ1v) is 5.31. The lowest BCUT2D eigenvalue weighted by Crippen LogP contribution is -2.00. The maximum absolute atomic E-state index is 11.3. The number of hydrogen-bond acceptors (Lipinski definition) is 3. The van der Waals surface area contributed by atoms with E-state index in [2.05, 4.69) is 0 Å². The molecule has 0 aromatic rings. The largest absolute Gasteiger partial charge is 0.385 e. The summed E-state index contributed by atoms with van der Waals surface area (Å²) in [7, 11) is 3.37. The number of unbranched alkanes of at least 4 members (excludes halogenated alkanes) is 2. The van der Waals surface area contributed by atoms with Gasteiger partial charge in [-0.15, -0.1) is 0 Å². The molecule has 0 amide bonds. The third kappa shape index (κ3) is 9.68. The molecule has 0 radical (unpaired) electrons. The summed E-state index contributed by atoms with van der Waals surface area (Å²) in [6.45, 7) is 1.52. The second-order valence-corrected chi connectivity index (χ2v) is 3.44. The summed E-state index contributed by atoms with van der Waals surface area (Å²) in [6.07, 6.45) is 5.29. The van der Waals surface area contributed by atoms with E-state index in [1.165, 1.54) is 0 Å². The van der Waals surface area contributed by atoms with E-state index >= 15 is 0 Å². The van der Waals surface area contributed by atoms with Crippen molar-refractivity contribution in [3.63, 3.8) is 0 Å². The summed E-state index contributed by atoms with van der Waals surface area (Å²) in [5.74, 6) is 0.372. The minimum absolute atomic E-state index is 0.372. The van der Waals surface area contributed by atoms with Gasteiger partial charge in [0.1, 0.15) is 5.78 Å². The zero-order chi connectivity index (χ0) is 10.6. The summed E-state index contributed by atoms with van der Waals surface area (Å²) >= 11 is 0. The van der Waals surface area contributed by atoms with Crippen molar-refractivity contribution in [2.75, 3.05) is 27.4 Å². The van der Waals surface area contributed by atoms with E-state index in [4.69, 9.17) is 9.47 Å². The molecule has 0 atom stereocenters. The van der Waals surface area contributed by atoms with E-state index in [1.807, 2.05) is 0 Å². The molecule has 0 aromatic carbocycles. The van der Waals surface area contributed by atoms with Crippen LogP contribution >= 0.6 is 0 Å². The fraction of sp³-hybridized carbons (Fsp3) is 0.909. The first kappa shape index (κ1) is 13.6. The third-order valence-electron chi connectivity index (χ3n) is 2.11. The van der Waals surface area contributed by atoms with Gasteiger partial charge in [0.15, 0.2) is 0 Å². The van der Waals surface area contributed by atoms with Crippen molar-refractivity contribution in [1.82, 2.24) is 0 Å². The molecule has 0 heterocycles. The molecule has 3 nitrogen and oxygen atoms in total. The van der Waals surface area contributed by atoms with Gasteiger partial charge in [-0.3, -0.25) is 4.79 Å². The van der Waals surface area contributed by atoms with Crippen molar-refractivity contribution in [1.29, 1.82) is 0 Å². The van der Waals surface area contributed by atoms with E-state index in [9.17, 15) is 4.79 Å². The molecular weight excluding hydrogens is 180 g/mol. The molecule has 0 bridgehead atoms. The van der Waals surface area contributed by atoms with Crippen LogP contribution in [0.1, 0.15) is 38.5 Å². The first-order valence-electron chi connectivity index (χ1n) is 5.31. The van der Waals surface area contributed by atoms with Gasteiger partial charge in [-0.1, -0.05) is 0 Å². The SMILES string of the molecule is COCCCCC(=O)CCCCOC. The molecule has 0 saturated carbocycles. The van der Waals surface area contributed by atoms with Gasteiger partial charge in [0, 0.05) is 40.3 Å². The number of rotatable bonds is 10. The topological polar surface area (TPSA) is 35.5 Å². The highest BCUT2D eigenvalue weighted by Gasteiger charge is 2.01. The fourth-order valence-electron chi connectivity index (χ4n) is 1.26. The average molecular weight is 202 g/mol. The zero-order valence-corrected chi connectivity index (χ0v) is 9.38. The monoisotopic (exact) mass is 202 g/mol. The Morgan fingerprint density at radius 3 is 1.64 bits per heavy atom. The van der Waals surface area contributed by atoms with Gasteiger partial charge in [-0.05, 0) is 25.7 Å². The minimum Gasteiger partial charge on any atom is -0.385 e. The molecule has 3 heteroatoms. The molecule has 14 heavy (non-hydrogen) atoms. The lowest BCUT2D eigenvalue weighted by Gasteiger charge is -2.01. The van der Waals surface area contributed by atoms with Crippen LogP contribution in [0.25, 0.3) is 0 Å². The van der Waals surface area contributed by atoms with Crippen LogP contribution in [0.4, 0.5) is 0 Å². The number of methoxy groups -OCH3 is 2. The van der Waals surface area contributed by atoms with E-state index in [1.54, 1.807) is 14.2 Å². The van der Waals surface area contributed by atoms with Gasteiger partial charge in [-0.25, -0.2) is 0 Å². The van der Waals surface area contributed by atoms with Crippen molar-refractivity contribution >= 4 is 5.78 Å². The Balaban J connectivity index is 3.11. The first-order chi connectivity index (χ1) is 6.81. The van der Waals surface area contributed by atoms with E-state index < -0.39 is 0 Å². The van der Waals surface area contributed by atoms with Crippen LogP contribution in [0.3, 0.4) is 0 Å². The summed E-state index contributed by atoms with van der Waals surface area (Å²) < 4.78 is 9.82. The molecule has 0 saturated heterocycles. The number of hydrogen-bond donors (Lipinski definition) is 0. The maximum atomic E-state index is 11.3. The van der Waals surface area contributed by atoms with Crippen molar-refractivity contribution in [2.45, 2.75) is 38.5 Å². The third-order valence-corrected chi connectivity index (χ3v) is 2.11. The normalized spacial score (nSPS) is 10.4. The van der Waals surface area contributed by atoms with Crippen LogP contribution in [0.2, 0.25) is 0 Å². The van der Waals surface area contributed by atoms with Crippen LogP contribution in [0.5, 0.6) is 0 Å². The van der Waals surface area contributed by atoms with Crippen molar-refractivity contribution < 1.29 is 14.3 Å². The van der Waals surface area contributed by atoms with Crippen LogP contribution < -0.4 is 0 Å². The zero-order valence-electron chi connectivity index (χ0n) is 9.38. The Labute approximate surface area is 86.8 Å². The molecule has 0 aliphatic carbocycles. The molecule has 0 aliphatic heterocycles. The van der Waals surface area contributed by atoms with Crippen LogP contribution in [-0.2, 0) is 14.3 Å². The summed E-state index contributed by atoms with van der Waals surface area (Å²) in [5, 5.41) is 0. The average Bonchev–Trinajstić information content (AvgIpc) is 2.19. The molecule has 0 N–H and O–H groups in total. The number of ether oxygens (including phenoxy) is 2. The second kappa shape index (κ2) is 10.7. The van der Waals surface area contributed by atoms with E-state index in [0.29, 0.717) is 18.6 Å². The maximum Gasteiger partial charge on any atom is 0.132 e.